The Hall–Kier alpha value is -1.77. The fraction of sp³-hybridized carbons (Fsp3) is 0.438. The molecule has 0 heterocycles. The van der Waals surface area contributed by atoms with Crippen molar-refractivity contribution in [2.24, 2.45) is 5.92 Å². The highest BCUT2D eigenvalue weighted by molar-refractivity contribution is 6.35. The first-order valence-electron chi connectivity index (χ1n) is 7.16. The first-order chi connectivity index (χ1) is 10.8. The number of esters is 1. The number of nitriles is 1. The number of carbonyl (C=O) groups is 2. The summed E-state index contributed by atoms with van der Waals surface area (Å²) in [7, 11) is 0. The summed E-state index contributed by atoms with van der Waals surface area (Å²) in [5.41, 5.74) is -0.329. The van der Waals surface area contributed by atoms with E-state index in [4.69, 9.17) is 27.9 Å². The summed E-state index contributed by atoms with van der Waals surface area (Å²) >= 11 is 11.8. The molecule has 1 saturated carbocycles. The summed E-state index contributed by atoms with van der Waals surface area (Å²) in [5, 5.41) is 12.6. The smallest absolute Gasteiger partial charge is 0.310 e. The number of benzene rings is 1. The van der Waals surface area contributed by atoms with Gasteiger partial charge in [0.25, 0.3) is 5.91 Å². The van der Waals surface area contributed by atoms with E-state index in [2.05, 4.69) is 11.4 Å². The first-order valence-corrected chi connectivity index (χ1v) is 7.91. The summed E-state index contributed by atoms with van der Waals surface area (Å²) in [4.78, 5) is 23.6. The van der Waals surface area contributed by atoms with Crippen molar-refractivity contribution in [2.45, 2.75) is 31.7 Å². The van der Waals surface area contributed by atoms with E-state index in [0.29, 0.717) is 15.6 Å². The molecule has 0 bridgehead atoms. The van der Waals surface area contributed by atoms with Crippen molar-refractivity contribution in [3.8, 4) is 6.07 Å². The molecular formula is C16H16Cl2N2O3. The minimum absolute atomic E-state index is 0.0541. The van der Waals surface area contributed by atoms with Gasteiger partial charge in [0.15, 0.2) is 6.61 Å². The number of ether oxygens (including phenoxy) is 1. The van der Waals surface area contributed by atoms with Gasteiger partial charge in [-0.3, -0.25) is 9.59 Å². The van der Waals surface area contributed by atoms with Crippen molar-refractivity contribution < 1.29 is 14.3 Å². The molecule has 0 spiro atoms. The molecule has 2 rings (SSSR count). The lowest BCUT2D eigenvalue weighted by Crippen LogP contribution is -2.48. The van der Waals surface area contributed by atoms with Crippen LogP contribution in [0.4, 0.5) is 0 Å². The van der Waals surface area contributed by atoms with E-state index in [0.717, 1.165) is 12.8 Å². The number of rotatable bonds is 6. The van der Waals surface area contributed by atoms with Crippen molar-refractivity contribution in [1.29, 1.82) is 5.26 Å². The van der Waals surface area contributed by atoms with E-state index in [1.807, 2.05) is 0 Å². The molecule has 0 saturated heterocycles. The highest BCUT2D eigenvalue weighted by atomic mass is 35.5. The average molecular weight is 355 g/mol. The van der Waals surface area contributed by atoms with Gasteiger partial charge in [-0.15, -0.1) is 0 Å². The Balaban J connectivity index is 1.82. The Labute approximate surface area is 144 Å². The van der Waals surface area contributed by atoms with Gasteiger partial charge in [-0.25, -0.2) is 0 Å². The monoisotopic (exact) mass is 354 g/mol. The Morgan fingerprint density at radius 3 is 2.70 bits per heavy atom. The van der Waals surface area contributed by atoms with Crippen molar-refractivity contribution in [3.63, 3.8) is 0 Å². The van der Waals surface area contributed by atoms with Gasteiger partial charge in [-0.2, -0.15) is 5.26 Å². The lowest BCUT2D eigenvalue weighted by molar-refractivity contribution is -0.148. The van der Waals surface area contributed by atoms with Gasteiger partial charge < -0.3 is 10.1 Å². The van der Waals surface area contributed by atoms with Gasteiger partial charge in [0.2, 0.25) is 0 Å². The molecule has 1 aliphatic carbocycles. The second-order valence-electron chi connectivity index (χ2n) is 5.71. The number of hydrogen-bond donors (Lipinski definition) is 1. The van der Waals surface area contributed by atoms with E-state index in [9.17, 15) is 14.9 Å². The predicted molar refractivity (Wildman–Crippen MR) is 86.0 cm³/mol. The molecule has 0 unspecified atom stereocenters. The molecule has 7 heteroatoms. The topological polar surface area (TPSA) is 79.2 Å². The fourth-order valence-electron chi connectivity index (χ4n) is 2.23. The molecule has 1 aromatic rings. The number of nitrogens with zero attached hydrogens (tertiary/aromatic N) is 1. The molecule has 1 amide bonds. The highest BCUT2D eigenvalue weighted by Gasteiger charge is 2.43. The zero-order valence-electron chi connectivity index (χ0n) is 12.6. The Morgan fingerprint density at radius 1 is 1.43 bits per heavy atom. The second kappa shape index (κ2) is 7.20. The summed E-state index contributed by atoms with van der Waals surface area (Å²) in [5.74, 6) is -0.897. The Morgan fingerprint density at radius 2 is 2.13 bits per heavy atom. The number of carbonyl (C=O) groups excluding carboxylic acids is 2. The standard InChI is InChI=1S/C16H16Cl2N2O3/c1-16(9-19,11-3-4-11)20-14(21)8-23-15(22)6-10-2-5-12(17)7-13(10)18/h2,5,7,11H,3-4,6,8H2,1H3,(H,20,21)/t16-/m0/s1. The minimum Gasteiger partial charge on any atom is -0.455 e. The van der Waals surface area contributed by atoms with Crippen molar-refractivity contribution in [1.82, 2.24) is 5.32 Å². The van der Waals surface area contributed by atoms with Crippen LogP contribution in [0.15, 0.2) is 18.2 Å². The van der Waals surface area contributed by atoms with Gasteiger partial charge in [-0.05, 0) is 43.4 Å². The van der Waals surface area contributed by atoms with E-state index in [1.54, 1.807) is 19.1 Å². The number of amides is 1. The first kappa shape index (κ1) is 17.6. The molecular weight excluding hydrogens is 339 g/mol. The largest absolute Gasteiger partial charge is 0.455 e. The zero-order valence-corrected chi connectivity index (χ0v) is 14.1. The normalized spacial score (nSPS) is 16.1. The second-order valence-corrected chi connectivity index (χ2v) is 6.55. The van der Waals surface area contributed by atoms with Crippen LogP contribution in [-0.4, -0.2) is 24.0 Å². The molecule has 1 N–H and O–H groups in total. The molecule has 23 heavy (non-hydrogen) atoms. The summed E-state index contributed by atoms with van der Waals surface area (Å²) in [6.07, 6.45) is 1.78. The molecule has 122 valence electrons. The minimum atomic E-state index is -0.900. The van der Waals surface area contributed by atoms with E-state index in [-0.39, 0.29) is 12.3 Å². The fourth-order valence-corrected chi connectivity index (χ4v) is 2.70. The van der Waals surface area contributed by atoms with Gasteiger partial charge in [0, 0.05) is 10.0 Å². The zero-order chi connectivity index (χ0) is 17.0. The van der Waals surface area contributed by atoms with Gasteiger partial charge >= 0.3 is 5.97 Å². The van der Waals surface area contributed by atoms with Crippen LogP contribution in [0, 0.1) is 17.2 Å². The highest BCUT2D eigenvalue weighted by Crippen LogP contribution is 2.39. The third-order valence-electron chi connectivity index (χ3n) is 3.74. The van der Waals surface area contributed by atoms with Crippen LogP contribution in [0.1, 0.15) is 25.3 Å². The Kier molecular flexibility index (Phi) is 5.51. The molecule has 5 nitrogen and oxygen atoms in total. The van der Waals surface area contributed by atoms with Crippen LogP contribution < -0.4 is 5.32 Å². The van der Waals surface area contributed by atoms with Gasteiger partial charge in [-0.1, -0.05) is 29.3 Å². The maximum absolute atomic E-state index is 11.8. The quantitative estimate of drug-likeness (QED) is 0.796. The van der Waals surface area contributed by atoms with Crippen molar-refractivity contribution >= 4 is 35.1 Å². The summed E-state index contributed by atoms with van der Waals surface area (Å²) in [6, 6.07) is 6.90. The maximum atomic E-state index is 11.8. The average Bonchev–Trinajstić information content (AvgIpc) is 3.33. The molecule has 1 fully saturated rings. The summed E-state index contributed by atoms with van der Waals surface area (Å²) in [6.45, 7) is 1.26. The third-order valence-corrected chi connectivity index (χ3v) is 4.33. The van der Waals surface area contributed by atoms with Crippen LogP contribution in [0.25, 0.3) is 0 Å². The van der Waals surface area contributed by atoms with Crippen LogP contribution in [0.3, 0.4) is 0 Å². The number of halogens is 2. The van der Waals surface area contributed by atoms with Crippen molar-refractivity contribution in [2.75, 3.05) is 6.61 Å². The lowest BCUT2D eigenvalue weighted by Gasteiger charge is -2.22. The maximum Gasteiger partial charge on any atom is 0.310 e. The third kappa shape index (κ3) is 4.85. The van der Waals surface area contributed by atoms with Crippen LogP contribution >= 0.6 is 23.2 Å². The molecule has 1 atom stereocenters. The van der Waals surface area contributed by atoms with E-state index < -0.39 is 24.0 Å². The number of hydrogen-bond acceptors (Lipinski definition) is 4. The molecule has 0 aromatic heterocycles. The number of nitrogens with one attached hydrogen (secondary N) is 1. The molecule has 1 aromatic carbocycles. The van der Waals surface area contributed by atoms with Gasteiger partial charge in [0.1, 0.15) is 5.54 Å². The van der Waals surface area contributed by atoms with E-state index >= 15 is 0 Å². The van der Waals surface area contributed by atoms with Gasteiger partial charge in [0.05, 0.1) is 12.5 Å². The summed E-state index contributed by atoms with van der Waals surface area (Å²) < 4.78 is 4.93. The van der Waals surface area contributed by atoms with Crippen LogP contribution in [0.2, 0.25) is 10.0 Å². The van der Waals surface area contributed by atoms with Crippen LogP contribution in [-0.2, 0) is 20.7 Å². The molecule has 0 aliphatic heterocycles. The molecule has 0 radical (unpaired) electrons. The predicted octanol–water partition coefficient (Wildman–Crippen LogP) is 2.89. The molecule has 1 aliphatic rings. The van der Waals surface area contributed by atoms with Crippen molar-refractivity contribution in [3.05, 3.63) is 33.8 Å². The van der Waals surface area contributed by atoms with E-state index in [1.165, 1.54) is 6.07 Å². The SMILES string of the molecule is C[C@@](C#N)(NC(=O)COC(=O)Cc1ccc(Cl)cc1Cl)C1CC1. The Bertz CT molecular complexity index is 668. The lowest BCUT2D eigenvalue weighted by atomic mass is 9.98. The van der Waals surface area contributed by atoms with Crippen LogP contribution in [0.5, 0.6) is 0 Å².